The SMILES string of the molecule is Br.Br.C#CCCCC(C)(c1cccc2c1Cc1ccccc1-2)c1cccc2c1Cc1ccccc1-2.[Zr]. The summed E-state index contributed by atoms with van der Waals surface area (Å²) in [6, 6.07) is 31.6. The maximum absolute atomic E-state index is 5.68. The topological polar surface area (TPSA) is 0 Å². The molecule has 0 N–H and O–H groups in total. The summed E-state index contributed by atoms with van der Waals surface area (Å²) in [6.07, 6.45) is 10.6. The van der Waals surface area contributed by atoms with E-state index in [2.05, 4.69) is 97.8 Å². The number of terminal acetylenes is 1. The first kappa shape index (κ1) is 28.8. The molecule has 0 fully saturated rings. The maximum Gasteiger partial charge on any atom is 0.0181 e. The van der Waals surface area contributed by atoms with Crippen molar-refractivity contribution in [1.29, 1.82) is 0 Å². The van der Waals surface area contributed by atoms with Gasteiger partial charge in [-0.05, 0) is 81.3 Å². The Kier molecular flexibility index (Phi) is 9.43. The van der Waals surface area contributed by atoms with Crippen LogP contribution in [0.15, 0.2) is 84.9 Å². The van der Waals surface area contributed by atoms with Crippen molar-refractivity contribution in [3.05, 3.63) is 118 Å². The van der Waals surface area contributed by atoms with Gasteiger partial charge in [-0.2, -0.15) is 0 Å². The number of fused-ring (bicyclic) bond motifs is 6. The number of hydrogen-bond acceptors (Lipinski definition) is 0. The molecule has 6 rings (SSSR count). The van der Waals surface area contributed by atoms with Crippen LogP contribution in [-0.4, -0.2) is 0 Å². The van der Waals surface area contributed by atoms with Gasteiger partial charge in [0.25, 0.3) is 0 Å². The van der Waals surface area contributed by atoms with E-state index in [1.165, 1.54) is 55.6 Å². The predicted molar refractivity (Wildman–Crippen MR) is 159 cm³/mol. The molecule has 180 valence electrons. The average Bonchev–Trinajstić information content (AvgIpc) is 3.42. The van der Waals surface area contributed by atoms with Gasteiger partial charge in [0.15, 0.2) is 0 Å². The summed E-state index contributed by atoms with van der Waals surface area (Å²) in [4.78, 5) is 0. The third-order valence-electron chi connectivity index (χ3n) is 7.89. The third-order valence-corrected chi connectivity index (χ3v) is 7.89. The summed E-state index contributed by atoms with van der Waals surface area (Å²) in [5.74, 6) is 2.88. The van der Waals surface area contributed by atoms with Crippen molar-refractivity contribution in [1.82, 2.24) is 0 Å². The zero-order valence-electron chi connectivity index (χ0n) is 20.5. The van der Waals surface area contributed by atoms with Crippen molar-refractivity contribution in [2.24, 2.45) is 0 Å². The Morgan fingerprint density at radius 2 is 1.11 bits per heavy atom. The molecule has 36 heavy (non-hydrogen) atoms. The number of unbranched alkanes of at least 4 members (excludes halogenated alkanes) is 1. The van der Waals surface area contributed by atoms with Gasteiger partial charge in [0, 0.05) is 38.0 Å². The average molecular weight is 678 g/mol. The minimum absolute atomic E-state index is 0. The summed E-state index contributed by atoms with van der Waals surface area (Å²) in [5.41, 5.74) is 14.3. The zero-order chi connectivity index (χ0) is 22.4. The summed E-state index contributed by atoms with van der Waals surface area (Å²) in [5, 5.41) is 0. The quantitative estimate of drug-likeness (QED) is 0.126. The fourth-order valence-corrected chi connectivity index (χ4v) is 6.31. The standard InChI is InChI=1S/C33H28.2BrH.Zr/c1-3-4-9-20-33(2,31-18-10-16-27-25-14-7-5-12-23(25)21-29(27)31)32-19-11-17-28-26-15-8-6-13-24(26)22-30(28)32;;;/h1,5-8,10-19H,4,9,20-22H2,2H3;2*1H;. The van der Waals surface area contributed by atoms with Crippen molar-refractivity contribution in [2.45, 2.75) is 44.4 Å². The number of benzene rings is 4. The molecular weight excluding hydrogens is 647 g/mol. The molecule has 0 amide bonds. The Labute approximate surface area is 255 Å². The van der Waals surface area contributed by atoms with E-state index in [9.17, 15) is 0 Å². The molecule has 2 aliphatic rings. The summed E-state index contributed by atoms with van der Waals surface area (Å²) in [7, 11) is 0. The second kappa shape index (κ2) is 11.8. The molecule has 0 unspecified atom stereocenters. The van der Waals surface area contributed by atoms with Crippen LogP contribution < -0.4 is 0 Å². The van der Waals surface area contributed by atoms with Crippen LogP contribution in [0.1, 0.15) is 59.6 Å². The van der Waals surface area contributed by atoms with Crippen LogP contribution in [-0.2, 0) is 44.5 Å². The van der Waals surface area contributed by atoms with Crippen LogP contribution in [0.4, 0.5) is 0 Å². The number of rotatable bonds is 5. The molecule has 0 bridgehead atoms. The van der Waals surface area contributed by atoms with Crippen molar-refractivity contribution in [3.63, 3.8) is 0 Å². The van der Waals surface area contributed by atoms with Gasteiger partial charge >= 0.3 is 0 Å². The van der Waals surface area contributed by atoms with Crippen LogP contribution >= 0.6 is 34.0 Å². The molecule has 0 saturated carbocycles. The first-order valence-corrected chi connectivity index (χ1v) is 12.1. The van der Waals surface area contributed by atoms with Crippen LogP contribution in [0.2, 0.25) is 0 Å². The van der Waals surface area contributed by atoms with E-state index in [-0.39, 0.29) is 65.6 Å². The molecule has 0 nitrogen and oxygen atoms in total. The Morgan fingerprint density at radius 3 is 1.58 bits per heavy atom. The van der Waals surface area contributed by atoms with Gasteiger partial charge in [0.05, 0.1) is 0 Å². The predicted octanol–water partition coefficient (Wildman–Crippen LogP) is 9.09. The molecule has 0 radical (unpaired) electrons. The molecule has 0 aliphatic heterocycles. The van der Waals surface area contributed by atoms with Crippen molar-refractivity contribution in [3.8, 4) is 34.6 Å². The fraction of sp³-hybridized carbons (Fsp3) is 0.212. The number of halogens is 2. The van der Waals surface area contributed by atoms with E-state index in [1.54, 1.807) is 0 Å². The molecule has 0 aromatic heterocycles. The molecule has 0 atom stereocenters. The summed E-state index contributed by atoms with van der Waals surface area (Å²) >= 11 is 0. The van der Waals surface area contributed by atoms with E-state index in [0.29, 0.717) is 0 Å². The largest absolute Gasteiger partial charge is 0.120 e. The smallest absolute Gasteiger partial charge is 0.0181 e. The van der Waals surface area contributed by atoms with Gasteiger partial charge in [-0.3, -0.25) is 0 Å². The van der Waals surface area contributed by atoms with E-state index in [1.807, 2.05) is 0 Å². The van der Waals surface area contributed by atoms with Crippen LogP contribution in [0, 0.1) is 12.3 Å². The van der Waals surface area contributed by atoms with E-state index in [4.69, 9.17) is 6.42 Å². The van der Waals surface area contributed by atoms with Gasteiger partial charge < -0.3 is 0 Å². The minimum atomic E-state index is -0.0857. The second-order valence-corrected chi connectivity index (χ2v) is 9.72. The van der Waals surface area contributed by atoms with Gasteiger partial charge in [-0.15, -0.1) is 46.3 Å². The van der Waals surface area contributed by atoms with Gasteiger partial charge in [0.1, 0.15) is 0 Å². The van der Waals surface area contributed by atoms with Gasteiger partial charge in [0.2, 0.25) is 0 Å². The minimum Gasteiger partial charge on any atom is -0.120 e. The molecule has 4 aromatic rings. The molecular formula is C33H30Br2Zr. The Bertz CT molecular complexity index is 1330. The van der Waals surface area contributed by atoms with Crippen molar-refractivity contribution in [2.75, 3.05) is 0 Å². The number of hydrogen-bond donors (Lipinski definition) is 0. The molecule has 0 saturated heterocycles. The normalized spacial score (nSPS) is 12.0. The van der Waals surface area contributed by atoms with Crippen molar-refractivity contribution >= 4 is 34.0 Å². The third kappa shape index (κ3) is 4.67. The van der Waals surface area contributed by atoms with E-state index in [0.717, 1.165) is 32.1 Å². The Hall–Kier alpha value is -1.72. The Morgan fingerprint density at radius 1 is 0.667 bits per heavy atom. The van der Waals surface area contributed by atoms with Crippen LogP contribution in [0.25, 0.3) is 22.3 Å². The Balaban J connectivity index is 0.00000120. The fourth-order valence-electron chi connectivity index (χ4n) is 6.31. The molecule has 4 aromatic carbocycles. The second-order valence-electron chi connectivity index (χ2n) is 9.72. The summed E-state index contributed by atoms with van der Waals surface area (Å²) < 4.78 is 0. The van der Waals surface area contributed by atoms with E-state index < -0.39 is 0 Å². The molecule has 0 spiro atoms. The van der Waals surface area contributed by atoms with Gasteiger partial charge in [-0.1, -0.05) is 91.9 Å². The first-order valence-electron chi connectivity index (χ1n) is 12.1. The monoisotopic (exact) mass is 674 g/mol. The molecule has 3 heteroatoms. The first-order chi connectivity index (χ1) is 16.2. The zero-order valence-corrected chi connectivity index (χ0v) is 26.4. The van der Waals surface area contributed by atoms with E-state index >= 15 is 0 Å². The van der Waals surface area contributed by atoms with Crippen LogP contribution in [0.5, 0.6) is 0 Å². The summed E-state index contributed by atoms with van der Waals surface area (Å²) in [6.45, 7) is 2.46. The van der Waals surface area contributed by atoms with Gasteiger partial charge in [-0.25, -0.2) is 0 Å². The molecule has 2 aliphatic carbocycles. The van der Waals surface area contributed by atoms with Crippen LogP contribution in [0.3, 0.4) is 0 Å². The molecule has 0 heterocycles. The maximum atomic E-state index is 5.68. The van der Waals surface area contributed by atoms with Crippen molar-refractivity contribution < 1.29 is 26.2 Å².